The molecule has 8 heteroatoms. The highest BCUT2D eigenvalue weighted by Crippen LogP contribution is 2.24. The predicted octanol–water partition coefficient (Wildman–Crippen LogP) is 2.76. The lowest BCUT2D eigenvalue weighted by atomic mass is 10.1. The number of anilines is 1. The lowest BCUT2D eigenvalue weighted by Crippen LogP contribution is -2.46. The molecule has 0 aromatic heterocycles. The smallest absolute Gasteiger partial charge is 0.184 e. The number of hydrogen-bond acceptors (Lipinski definition) is 4. The molecule has 2 aromatic carbocycles. The zero-order chi connectivity index (χ0) is 20.1. The Morgan fingerprint density at radius 3 is 2.46 bits per heavy atom. The third-order valence-electron chi connectivity index (χ3n) is 4.68. The summed E-state index contributed by atoms with van der Waals surface area (Å²) in [7, 11) is 0. The molecule has 3 N–H and O–H groups in total. The summed E-state index contributed by atoms with van der Waals surface area (Å²) < 4.78 is 28.8. The molecular formula is C20H23F2N5S. The topological polar surface area (TPSA) is 56.9 Å². The van der Waals surface area contributed by atoms with Crippen LogP contribution in [0.5, 0.6) is 0 Å². The second kappa shape index (κ2) is 9.07. The summed E-state index contributed by atoms with van der Waals surface area (Å²) in [4.78, 5) is 4.19. The normalized spacial score (nSPS) is 15.2. The Kier molecular flexibility index (Phi) is 6.53. The fraction of sp³-hybridized carbons (Fsp3) is 0.300. The van der Waals surface area contributed by atoms with Gasteiger partial charge in [-0.2, -0.15) is 5.10 Å². The highest BCUT2D eigenvalue weighted by molar-refractivity contribution is 7.80. The van der Waals surface area contributed by atoms with Crippen LogP contribution >= 0.6 is 12.2 Å². The van der Waals surface area contributed by atoms with Crippen molar-refractivity contribution in [1.29, 1.82) is 0 Å². The lowest BCUT2D eigenvalue weighted by Gasteiger charge is -2.36. The van der Waals surface area contributed by atoms with Gasteiger partial charge in [0.15, 0.2) is 5.11 Å². The van der Waals surface area contributed by atoms with Gasteiger partial charge in [0.05, 0.1) is 11.9 Å². The van der Waals surface area contributed by atoms with E-state index in [1.807, 2.05) is 4.90 Å². The summed E-state index contributed by atoms with van der Waals surface area (Å²) in [5.74, 6) is -1.03. The zero-order valence-corrected chi connectivity index (χ0v) is 16.5. The van der Waals surface area contributed by atoms with E-state index in [2.05, 4.69) is 58.8 Å². The largest absolute Gasteiger partial charge is 0.375 e. The molecule has 148 valence electrons. The number of rotatable bonds is 5. The SMILES string of the molecule is Cc1ccc(CN2CCN(c3cc(F)c(C=NNC(N)=S)cc3F)CC2)cc1. The Hall–Kier alpha value is -2.58. The van der Waals surface area contributed by atoms with Gasteiger partial charge in [-0.25, -0.2) is 8.78 Å². The Morgan fingerprint density at radius 1 is 1.14 bits per heavy atom. The number of nitrogens with two attached hydrogens (primary N) is 1. The predicted molar refractivity (Wildman–Crippen MR) is 113 cm³/mol. The summed E-state index contributed by atoms with van der Waals surface area (Å²) in [6, 6.07) is 10.8. The highest BCUT2D eigenvalue weighted by Gasteiger charge is 2.21. The van der Waals surface area contributed by atoms with Gasteiger partial charge in [0.25, 0.3) is 0 Å². The number of aryl methyl sites for hydroxylation is 1. The molecule has 3 rings (SSSR count). The van der Waals surface area contributed by atoms with Crippen LogP contribution in [0.15, 0.2) is 41.5 Å². The summed E-state index contributed by atoms with van der Waals surface area (Å²) in [6.07, 6.45) is 1.15. The summed E-state index contributed by atoms with van der Waals surface area (Å²) in [5, 5.41) is 3.63. The van der Waals surface area contributed by atoms with Gasteiger partial charge in [0.2, 0.25) is 0 Å². The Bertz CT molecular complexity index is 862. The molecule has 0 aliphatic carbocycles. The Morgan fingerprint density at radius 2 is 1.82 bits per heavy atom. The molecule has 0 bridgehead atoms. The number of thiocarbonyl (C=S) groups is 1. The molecule has 1 aliphatic heterocycles. The second-order valence-electron chi connectivity index (χ2n) is 6.81. The van der Waals surface area contributed by atoms with Crippen LogP contribution in [-0.2, 0) is 6.54 Å². The van der Waals surface area contributed by atoms with Crippen molar-refractivity contribution < 1.29 is 8.78 Å². The van der Waals surface area contributed by atoms with Gasteiger partial charge in [-0.3, -0.25) is 10.3 Å². The molecule has 0 spiro atoms. The van der Waals surface area contributed by atoms with Gasteiger partial charge in [0, 0.05) is 44.4 Å². The molecular weight excluding hydrogens is 380 g/mol. The van der Waals surface area contributed by atoms with E-state index in [-0.39, 0.29) is 16.4 Å². The first kappa shape index (κ1) is 20.2. The van der Waals surface area contributed by atoms with E-state index in [0.717, 1.165) is 31.9 Å². The van der Waals surface area contributed by atoms with Crippen molar-refractivity contribution in [2.75, 3.05) is 31.1 Å². The Labute approximate surface area is 168 Å². The molecule has 1 saturated heterocycles. The molecule has 2 aromatic rings. The van der Waals surface area contributed by atoms with Crippen molar-refractivity contribution in [2.45, 2.75) is 13.5 Å². The molecule has 0 unspecified atom stereocenters. The van der Waals surface area contributed by atoms with E-state index < -0.39 is 11.6 Å². The average molecular weight is 404 g/mol. The van der Waals surface area contributed by atoms with Gasteiger partial charge < -0.3 is 10.6 Å². The molecule has 0 saturated carbocycles. The summed E-state index contributed by atoms with van der Waals surface area (Å²) in [6.45, 7) is 5.77. The number of nitrogens with one attached hydrogen (secondary N) is 1. The molecule has 5 nitrogen and oxygen atoms in total. The van der Waals surface area contributed by atoms with Gasteiger partial charge in [-0.05, 0) is 30.8 Å². The monoisotopic (exact) mass is 403 g/mol. The maximum atomic E-state index is 14.5. The fourth-order valence-corrected chi connectivity index (χ4v) is 3.21. The van der Waals surface area contributed by atoms with E-state index in [1.54, 1.807) is 0 Å². The number of hydrazone groups is 1. The molecule has 0 radical (unpaired) electrons. The quantitative estimate of drug-likeness (QED) is 0.457. The third kappa shape index (κ3) is 5.24. The van der Waals surface area contributed by atoms with Crippen LogP contribution in [0.4, 0.5) is 14.5 Å². The van der Waals surface area contributed by atoms with E-state index in [1.165, 1.54) is 17.2 Å². The first-order valence-electron chi connectivity index (χ1n) is 9.03. The minimum atomic E-state index is -0.549. The second-order valence-corrected chi connectivity index (χ2v) is 7.25. The van der Waals surface area contributed by atoms with Gasteiger partial charge in [-0.15, -0.1) is 0 Å². The van der Waals surface area contributed by atoms with Crippen LogP contribution in [-0.4, -0.2) is 42.4 Å². The first-order chi connectivity index (χ1) is 13.4. The molecule has 1 heterocycles. The third-order valence-corrected chi connectivity index (χ3v) is 4.78. The minimum Gasteiger partial charge on any atom is -0.375 e. The van der Waals surface area contributed by atoms with Crippen LogP contribution in [0.3, 0.4) is 0 Å². The highest BCUT2D eigenvalue weighted by atomic mass is 32.1. The molecule has 1 aliphatic rings. The lowest BCUT2D eigenvalue weighted by molar-refractivity contribution is 0.249. The van der Waals surface area contributed by atoms with E-state index in [4.69, 9.17) is 5.73 Å². The number of nitrogens with zero attached hydrogens (tertiary/aromatic N) is 3. The summed E-state index contributed by atoms with van der Waals surface area (Å²) >= 11 is 4.61. The fourth-order valence-electron chi connectivity index (χ4n) is 3.16. The van der Waals surface area contributed by atoms with Crippen molar-refractivity contribution in [3.63, 3.8) is 0 Å². The van der Waals surface area contributed by atoms with Crippen molar-refractivity contribution in [3.05, 3.63) is 64.7 Å². The van der Waals surface area contributed by atoms with E-state index in [0.29, 0.717) is 13.1 Å². The molecule has 0 amide bonds. The molecule has 1 fully saturated rings. The van der Waals surface area contributed by atoms with Crippen molar-refractivity contribution >= 4 is 29.2 Å². The van der Waals surface area contributed by atoms with Gasteiger partial charge >= 0.3 is 0 Å². The average Bonchev–Trinajstić information content (AvgIpc) is 2.66. The number of halogens is 2. The van der Waals surface area contributed by atoms with E-state index >= 15 is 0 Å². The maximum Gasteiger partial charge on any atom is 0.184 e. The standard InChI is InChI=1S/C20H23F2N5S/c1-14-2-4-15(5-3-14)13-26-6-8-27(9-7-26)19-11-17(21)16(10-18(19)22)12-24-25-20(23)28/h2-5,10-12H,6-9,13H2,1H3,(H3,23,25,28). The van der Waals surface area contributed by atoms with Crippen molar-refractivity contribution in [2.24, 2.45) is 10.8 Å². The van der Waals surface area contributed by atoms with Crippen LogP contribution in [0.1, 0.15) is 16.7 Å². The Balaban J connectivity index is 1.62. The first-order valence-corrected chi connectivity index (χ1v) is 9.43. The number of benzene rings is 2. The zero-order valence-electron chi connectivity index (χ0n) is 15.7. The van der Waals surface area contributed by atoms with E-state index in [9.17, 15) is 8.78 Å². The van der Waals surface area contributed by atoms with Gasteiger partial charge in [0.1, 0.15) is 11.6 Å². The molecule has 28 heavy (non-hydrogen) atoms. The van der Waals surface area contributed by atoms with Crippen LogP contribution in [0, 0.1) is 18.6 Å². The number of hydrogen-bond donors (Lipinski definition) is 2. The van der Waals surface area contributed by atoms with Crippen LogP contribution < -0.4 is 16.1 Å². The minimum absolute atomic E-state index is 0.0306. The van der Waals surface area contributed by atoms with Crippen molar-refractivity contribution in [1.82, 2.24) is 10.3 Å². The van der Waals surface area contributed by atoms with Crippen LogP contribution in [0.25, 0.3) is 0 Å². The van der Waals surface area contributed by atoms with Gasteiger partial charge in [-0.1, -0.05) is 29.8 Å². The van der Waals surface area contributed by atoms with Crippen molar-refractivity contribution in [3.8, 4) is 0 Å². The summed E-state index contributed by atoms with van der Waals surface area (Å²) in [5.41, 5.74) is 10.4. The van der Waals surface area contributed by atoms with Crippen LogP contribution in [0.2, 0.25) is 0 Å². The number of piperazine rings is 1. The molecule has 0 atom stereocenters. The maximum absolute atomic E-state index is 14.5.